The summed E-state index contributed by atoms with van der Waals surface area (Å²) < 4.78 is 9.85. The van der Waals surface area contributed by atoms with Crippen LogP contribution in [0.5, 0.6) is 5.75 Å². The minimum atomic E-state index is -0.478. The zero-order valence-electron chi connectivity index (χ0n) is 10.2. The van der Waals surface area contributed by atoms with Crippen LogP contribution in [0.1, 0.15) is 12.7 Å². The van der Waals surface area contributed by atoms with Crippen molar-refractivity contribution in [3.05, 3.63) is 40.5 Å². The lowest BCUT2D eigenvalue weighted by Gasteiger charge is -2.08. The van der Waals surface area contributed by atoms with E-state index in [2.05, 4.69) is 20.0 Å². The van der Waals surface area contributed by atoms with Gasteiger partial charge in [-0.15, -0.1) is 0 Å². The molecular formula is C11H12N4O4. The van der Waals surface area contributed by atoms with Crippen LogP contribution in [-0.2, 0) is 6.54 Å². The van der Waals surface area contributed by atoms with Crippen molar-refractivity contribution in [2.24, 2.45) is 0 Å². The number of anilines is 1. The number of nitro benzene ring substituents is 1. The van der Waals surface area contributed by atoms with Crippen LogP contribution in [0.15, 0.2) is 29.1 Å². The Kier molecular flexibility index (Phi) is 3.91. The van der Waals surface area contributed by atoms with Gasteiger partial charge >= 0.3 is 5.69 Å². The molecule has 1 aromatic carbocycles. The van der Waals surface area contributed by atoms with Crippen LogP contribution >= 0.6 is 0 Å². The Hall–Kier alpha value is -2.64. The van der Waals surface area contributed by atoms with E-state index in [-0.39, 0.29) is 11.4 Å². The maximum absolute atomic E-state index is 10.8. The summed E-state index contributed by atoms with van der Waals surface area (Å²) in [7, 11) is 0. The molecule has 0 aliphatic rings. The fraction of sp³-hybridized carbons (Fsp3) is 0.273. The van der Waals surface area contributed by atoms with Crippen molar-refractivity contribution in [2.45, 2.75) is 13.5 Å². The first kappa shape index (κ1) is 12.8. The third kappa shape index (κ3) is 3.18. The summed E-state index contributed by atoms with van der Waals surface area (Å²) in [6, 6.07) is 4.56. The SMILES string of the molecule is CCOc1cc(NCc2ncon2)ccc1[N+](=O)[O-]. The second-order valence-electron chi connectivity index (χ2n) is 3.57. The van der Waals surface area contributed by atoms with Crippen molar-refractivity contribution >= 4 is 11.4 Å². The lowest BCUT2D eigenvalue weighted by molar-refractivity contribution is -0.385. The van der Waals surface area contributed by atoms with Crippen molar-refractivity contribution < 1.29 is 14.2 Å². The summed E-state index contributed by atoms with van der Waals surface area (Å²) in [5.74, 6) is 0.724. The van der Waals surface area contributed by atoms with Crippen LogP contribution < -0.4 is 10.1 Å². The standard InChI is InChI=1S/C11H12N4O4/c1-2-18-10-5-8(3-4-9(10)15(16)17)12-6-11-13-7-19-14-11/h3-5,7,12H,2,6H2,1H3. The summed E-state index contributed by atoms with van der Waals surface area (Å²) in [5.41, 5.74) is 0.616. The van der Waals surface area contributed by atoms with E-state index < -0.39 is 4.92 Å². The van der Waals surface area contributed by atoms with E-state index in [1.165, 1.54) is 12.5 Å². The number of nitro groups is 1. The third-order valence-electron chi connectivity index (χ3n) is 2.31. The minimum Gasteiger partial charge on any atom is -0.487 e. The molecule has 0 bridgehead atoms. The first-order chi connectivity index (χ1) is 9.20. The summed E-state index contributed by atoms with van der Waals surface area (Å²) in [4.78, 5) is 14.2. The predicted octanol–water partition coefficient (Wildman–Crippen LogP) is 1.99. The molecule has 2 aromatic rings. The predicted molar refractivity (Wildman–Crippen MR) is 65.9 cm³/mol. The zero-order chi connectivity index (χ0) is 13.7. The highest BCUT2D eigenvalue weighted by atomic mass is 16.6. The molecule has 1 heterocycles. The van der Waals surface area contributed by atoms with Crippen molar-refractivity contribution in [1.82, 2.24) is 10.1 Å². The van der Waals surface area contributed by atoms with Crippen LogP contribution in [0.2, 0.25) is 0 Å². The van der Waals surface area contributed by atoms with Crippen LogP contribution in [-0.4, -0.2) is 21.7 Å². The molecule has 0 amide bonds. The van der Waals surface area contributed by atoms with Gasteiger partial charge in [-0.05, 0) is 13.0 Å². The molecule has 0 fully saturated rings. The van der Waals surface area contributed by atoms with Gasteiger partial charge in [0.1, 0.15) is 0 Å². The van der Waals surface area contributed by atoms with E-state index in [1.54, 1.807) is 19.1 Å². The number of ether oxygens (including phenoxy) is 1. The molecule has 100 valence electrons. The lowest BCUT2D eigenvalue weighted by atomic mass is 10.2. The molecule has 0 unspecified atom stereocenters. The van der Waals surface area contributed by atoms with E-state index in [1.807, 2.05) is 0 Å². The Balaban J connectivity index is 2.13. The van der Waals surface area contributed by atoms with Crippen molar-refractivity contribution in [3.8, 4) is 5.75 Å². The summed E-state index contributed by atoms with van der Waals surface area (Å²) in [6.07, 6.45) is 1.23. The van der Waals surface area contributed by atoms with Gasteiger partial charge in [0.25, 0.3) is 0 Å². The first-order valence-electron chi connectivity index (χ1n) is 5.61. The van der Waals surface area contributed by atoms with Crippen molar-refractivity contribution in [1.29, 1.82) is 0 Å². The van der Waals surface area contributed by atoms with Gasteiger partial charge in [0, 0.05) is 17.8 Å². The van der Waals surface area contributed by atoms with Crippen molar-refractivity contribution in [3.63, 3.8) is 0 Å². The van der Waals surface area contributed by atoms with Gasteiger partial charge in [0.15, 0.2) is 11.6 Å². The first-order valence-corrected chi connectivity index (χ1v) is 5.61. The summed E-state index contributed by atoms with van der Waals surface area (Å²) >= 11 is 0. The molecule has 0 aliphatic carbocycles. The lowest BCUT2D eigenvalue weighted by Crippen LogP contribution is -2.03. The summed E-state index contributed by atoms with van der Waals surface area (Å²) in [5, 5.41) is 17.5. The monoisotopic (exact) mass is 264 g/mol. The van der Waals surface area contributed by atoms with E-state index in [0.717, 1.165) is 0 Å². The van der Waals surface area contributed by atoms with Gasteiger partial charge in [0.2, 0.25) is 6.39 Å². The molecule has 0 atom stereocenters. The molecule has 0 saturated heterocycles. The Bertz CT molecular complexity index is 556. The Morgan fingerprint density at radius 1 is 1.53 bits per heavy atom. The number of aromatic nitrogens is 2. The second-order valence-corrected chi connectivity index (χ2v) is 3.57. The number of nitrogens with zero attached hydrogens (tertiary/aromatic N) is 3. The molecular weight excluding hydrogens is 252 g/mol. The number of benzene rings is 1. The quantitative estimate of drug-likeness (QED) is 0.628. The van der Waals surface area contributed by atoms with E-state index in [0.29, 0.717) is 24.7 Å². The van der Waals surface area contributed by atoms with Crippen LogP contribution in [0.25, 0.3) is 0 Å². The van der Waals surface area contributed by atoms with E-state index >= 15 is 0 Å². The second kappa shape index (κ2) is 5.80. The Morgan fingerprint density at radius 3 is 3.00 bits per heavy atom. The molecule has 2 rings (SSSR count). The highest BCUT2D eigenvalue weighted by Gasteiger charge is 2.15. The van der Waals surface area contributed by atoms with E-state index in [9.17, 15) is 10.1 Å². The average molecular weight is 264 g/mol. The van der Waals surface area contributed by atoms with Gasteiger partial charge in [-0.3, -0.25) is 10.1 Å². The number of hydrogen-bond acceptors (Lipinski definition) is 7. The molecule has 1 N–H and O–H groups in total. The number of nitrogens with one attached hydrogen (secondary N) is 1. The Morgan fingerprint density at radius 2 is 2.37 bits per heavy atom. The molecule has 0 aliphatic heterocycles. The third-order valence-corrected chi connectivity index (χ3v) is 2.31. The van der Waals surface area contributed by atoms with Crippen LogP contribution in [0.4, 0.5) is 11.4 Å². The highest BCUT2D eigenvalue weighted by Crippen LogP contribution is 2.30. The van der Waals surface area contributed by atoms with E-state index in [4.69, 9.17) is 4.74 Å². The van der Waals surface area contributed by atoms with Crippen molar-refractivity contribution in [2.75, 3.05) is 11.9 Å². The maximum atomic E-state index is 10.8. The minimum absolute atomic E-state index is 0.0630. The smallest absolute Gasteiger partial charge is 0.311 e. The van der Waals surface area contributed by atoms with Gasteiger partial charge in [-0.1, -0.05) is 5.16 Å². The molecule has 19 heavy (non-hydrogen) atoms. The van der Waals surface area contributed by atoms with Gasteiger partial charge in [0.05, 0.1) is 18.1 Å². The number of hydrogen-bond donors (Lipinski definition) is 1. The zero-order valence-corrected chi connectivity index (χ0v) is 10.2. The summed E-state index contributed by atoms with van der Waals surface area (Å²) in [6.45, 7) is 2.48. The van der Waals surface area contributed by atoms with Gasteiger partial charge in [-0.25, -0.2) is 0 Å². The normalized spacial score (nSPS) is 10.2. The van der Waals surface area contributed by atoms with Crippen LogP contribution in [0, 0.1) is 10.1 Å². The molecule has 0 spiro atoms. The Labute approximate surface area is 108 Å². The highest BCUT2D eigenvalue weighted by molar-refractivity contribution is 5.57. The fourth-order valence-corrected chi connectivity index (χ4v) is 1.50. The fourth-order valence-electron chi connectivity index (χ4n) is 1.50. The molecule has 8 nitrogen and oxygen atoms in total. The van der Waals surface area contributed by atoms with Crippen LogP contribution in [0.3, 0.4) is 0 Å². The van der Waals surface area contributed by atoms with Gasteiger partial charge in [-0.2, -0.15) is 4.98 Å². The largest absolute Gasteiger partial charge is 0.487 e. The average Bonchev–Trinajstić information content (AvgIpc) is 2.90. The molecule has 8 heteroatoms. The maximum Gasteiger partial charge on any atom is 0.311 e. The number of rotatable bonds is 6. The van der Waals surface area contributed by atoms with Gasteiger partial charge < -0.3 is 14.6 Å². The molecule has 1 aromatic heterocycles. The molecule has 0 saturated carbocycles. The topological polar surface area (TPSA) is 103 Å². The molecule has 0 radical (unpaired) electrons.